The van der Waals surface area contributed by atoms with Crippen molar-refractivity contribution in [3.63, 3.8) is 0 Å². The Morgan fingerprint density at radius 2 is 1.88 bits per heavy atom. The van der Waals surface area contributed by atoms with E-state index in [1.54, 1.807) is 12.1 Å². The molecule has 0 atom stereocenters. The number of primary amides is 1. The molecular weight excluding hydrogens is 202 g/mol. The molecule has 16 heavy (non-hydrogen) atoms. The molecule has 1 heterocycles. The Morgan fingerprint density at radius 3 is 2.56 bits per heavy atom. The second-order valence-electron chi connectivity index (χ2n) is 3.45. The largest absolute Gasteiger partial charge is 0.366 e. The number of hydrogen-bond acceptors (Lipinski definition) is 2. The van der Waals surface area contributed by atoms with Crippen LogP contribution in [0, 0.1) is 0 Å². The van der Waals surface area contributed by atoms with Gasteiger partial charge >= 0.3 is 0 Å². The summed E-state index contributed by atoms with van der Waals surface area (Å²) in [5, 5.41) is 0. The third-order valence-corrected chi connectivity index (χ3v) is 2.34. The minimum absolute atomic E-state index is 0.398. The van der Waals surface area contributed by atoms with Crippen molar-refractivity contribution < 1.29 is 4.79 Å². The summed E-state index contributed by atoms with van der Waals surface area (Å²) in [5.41, 5.74) is 9.88. The number of benzene rings is 1. The van der Waals surface area contributed by atoms with Gasteiger partial charge in [-0.15, -0.1) is 0 Å². The lowest BCUT2D eigenvalue weighted by Crippen LogP contribution is -2.18. The fourth-order valence-electron chi connectivity index (χ4n) is 1.53. The van der Waals surface area contributed by atoms with Gasteiger partial charge in [-0.1, -0.05) is 18.2 Å². The molecule has 0 aliphatic rings. The van der Waals surface area contributed by atoms with Gasteiger partial charge in [-0.05, 0) is 23.8 Å². The van der Waals surface area contributed by atoms with Crippen molar-refractivity contribution in [2.75, 3.05) is 5.43 Å². The van der Waals surface area contributed by atoms with E-state index in [0.717, 1.165) is 5.56 Å². The van der Waals surface area contributed by atoms with Crippen molar-refractivity contribution in [3.05, 3.63) is 59.9 Å². The summed E-state index contributed by atoms with van der Waals surface area (Å²) in [6.45, 7) is 0.563. The summed E-state index contributed by atoms with van der Waals surface area (Å²) in [6, 6.07) is 11.2. The van der Waals surface area contributed by atoms with Crippen LogP contribution in [0.25, 0.3) is 0 Å². The molecule has 0 saturated heterocycles. The van der Waals surface area contributed by atoms with Crippen LogP contribution in [0.1, 0.15) is 15.9 Å². The Labute approximate surface area is 93.7 Å². The van der Waals surface area contributed by atoms with Gasteiger partial charge in [-0.25, -0.2) is 0 Å². The maximum atomic E-state index is 11.2. The first-order valence-corrected chi connectivity index (χ1v) is 5.02. The lowest BCUT2D eigenvalue weighted by Gasteiger charge is -2.09. The summed E-state index contributed by atoms with van der Waals surface area (Å²) in [4.78, 5) is 11.2. The summed E-state index contributed by atoms with van der Waals surface area (Å²) < 4.78 is 1.83. The van der Waals surface area contributed by atoms with Gasteiger partial charge in [-0.2, -0.15) is 0 Å². The van der Waals surface area contributed by atoms with Crippen LogP contribution in [0.5, 0.6) is 0 Å². The van der Waals surface area contributed by atoms with Gasteiger partial charge in [-0.3, -0.25) is 9.47 Å². The molecule has 82 valence electrons. The predicted molar refractivity (Wildman–Crippen MR) is 62.5 cm³/mol. The van der Waals surface area contributed by atoms with Gasteiger partial charge in [0.2, 0.25) is 5.91 Å². The maximum Gasteiger partial charge on any atom is 0.249 e. The van der Waals surface area contributed by atoms with Gasteiger partial charge in [0.15, 0.2) is 0 Å². The highest BCUT2D eigenvalue weighted by molar-refractivity contribution is 5.94. The standard InChI is InChI=1S/C12H13N3O/c13-12(16)11-6-2-1-5-10(11)9-14-15-7-3-4-8-15/h1-8,14H,9H2,(H2,13,16). The smallest absolute Gasteiger partial charge is 0.249 e. The number of aromatic nitrogens is 1. The Kier molecular flexibility index (Phi) is 2.91. The number of nitrogens with two attached hydrogens (primary N) is 1. The zero-order valence-electron chi connectivity index (χ0n) is 8.76. The van der Waals surface area contributed by atoms with Crippen LogP contribution >= 0.6 is 0 Å². The molecule has 4 nitrogen and oxygen atoms in total. The highest BCUT2D eigenvalue weighted by atomic mass is 16.1. The quantitative estimate of drug-likeness (QED) is 0.808. The summed E-state index contributed by atoms with van der Waals surface area (Å²) >= 11 is 0. The zero-order valence-corrected chi connectivity index (χ0v) is 8.76. The molecule has 0 unspecified atom stereocenters. The molecule has 0 bridgehead atoms. The van der Waals surface area contributed by atoms with Crippen molar-refractivity contribution in [2.24, 2.45) is 5.73 Å². The molecule has 1 aromatic carbocycles. The van der Waals surface area contributed by atoms with Crippen molar-refractivity contribution in [2.45, 2.75) is 6.54 Å². The molecule has 2 aromatic rings. The Bertz CT molecular complexity index is 477. The monoisotopic (exact) mass is 215 g/mol. The van der Waals surface area contributed by atoms with E-state index in [1.807, 2.05) is 41.3 Å². The van der Waals surface area contributed by atoms with E-state index in [-0.39, 0.29) is 0 Å². The number of hydrogen-bond donors (Lipinski definition) is 2. The number of nitrogens with zero attached hydrogens (tertiary/aromatic N) is 1. The Hall–Kier alpha value is -2.23. The van der Waals surface area contributed by atoms with E-state index in [1.165, 1.54) is 0 Å². The van der Waals surface area contributed by atoms with Gasteiger partial charge in [0.05, 0.1) is 6.54 Å². The molecule has 0 radical (unpaired) electrons. The van der Waals surface area contributed by atoms with Crippen LogP contribution in [0.15, 0.2) is 48.8 Å². The Morgan fingerprint density at radius 1 is 1.19 bits per heavy atom. The normalized spacial score (nSPS) is 10.0. The average Bonchev–Trinajstić information content (AvgIpc) is 2.79. The van der Waals surface area contributed by atoms with E-state index < -0.39 is 5.91 Å². The summed E-state index contributed by atoms with van der Waals surface area (Å²) in [6.07, 6.45) is 3.79. The average molecular weight is 215 g/mol. The van der Waals surface area contributed by atoms with Crippen LogP contribution in [-0.2, 0) is 6.54 Å². The minimum Gasteiger partial charge on any atom is -0.366 e. The van der Waals surface area contributed by atoms with Crippen molar-refractivity contribution in [3.8, 4) is 0 Å². The van der Waals surface area contributed by atoms with E-state index in [4.69, 9.17) is 5.73 Å². The second-order valence-corrected chi connectivity index (χ2v) is 3.45. The molecule has 0 saturated carbocycles. The summed E-state index contributed by atoms with van der Waals surface area (Å²) in [7, 11) is 0. The number of carbonyl (C=O) groups is 1. The topological polar surface area (TPSA) is 60.1 Å². The lowest BCUT2D eigenvalue weighted by atomic mass is 10.1. The van der Waals surface area contributed by atoms with Gasteiger partial charge < -0.3 is 11.2 Å². The third kappa shape index (κ3) is 2.23. The number of rotatable bonds is 4. The molecule has 0 spiro atoms. The molecule has 2 rings (SSSR count). The van der Waals surface area contributed by atoms with Gasteiger partial charge in [0.25, 0.3) is 0 Å². The first-order chi connectivity index (χ1) is 7.77. The third-order valence-electron chi connectivity index (χ3n) is 2.34. The molecule has 1 amide bonds. The van der Waals surface area contributed by atoms with Crippen molar-refractivity contribution >= 4 is 5.91 Å². The number of carbonyl (C=O) groups excluding carboxylic acids is 1. The van der Waals surface area contributed by atoms with Crippen LogP contribution in [0.3, 0.4) is 0 Å². The molecule has 3 N–H and O–H groups in total. The van der Waals surface area contributed by atoms with Gasteiger partial charge in [0.1, 0.15) is 0 Å². The molecule has 0 aliphatic carbocycles. The number of nitrogens with one attached hydrogen (secondary N) is 1. The zero-order chi connectivity index (χ0) is 11.4. The fourth-order valence-corrected chi connectivity index (χ4v) is 1.53. The van der Waals surface area contributed by atoms with Gasteiger partial charge in [0, 0.05) is 18.0 Å². The fraction of sp³-hybridized carbons (Fsp3) is 0.0833. The van der Waals surface area contributed by atoms with E-state index in [9.17, 15) is 4.79 Å². The van der Waals surface area contributed by atoms with Crippen molar-refractivity contribution in [1.29, 1.82) is 0 Å². The first kappa shape index (κ1) is 10.3. The Balaban J connectivity index is 2.12. The van der Waals surface area contributed by atoms with Crippen LogP contribution in [-0.4, -0.2) is 10.6 Å². The molecule has 1 aromatic heterocycles. The molecule has 0 aliphatic heterocycles. The van der Waals surface area contributed by atoms with E-state index in [0.29, 0.717) is 12.1 Å². The van der Waals surface area contributed by atoms with Crippen LogP contribution in [0.2, 0.25) is 0 Å². The maximum absolute atomic E-state index is 11.2. The summed E-state index contributed by atoms with van der Waals surface area (Å²) in [5.74, 6) is -0.398. The highest BCUT2D eigenvalue weighted by Gasteiger charge is 2.05. The number of amides is 1. The van der Waals surface area contributed by atoms with E-state index in [2.05, 4.69) is 5.43 Å². The highest BCUT2D eigenvalue weighted by Crippen LogP contribution is 2.07. The van der Waals surface area contributed by atoms with E-state index >= 15 is 0 Å². The van der Waals surface area contributed by atoms with Crippen LogP contribution < -0.4 is 11.2 Å². The van der Waals surface area contributed by atoms with Crippen LogP contribution in [0.4, 0.5) is 0 Å². The lowest BCUT2D eigenvalue weighted by molar-refractivity contribution is 0.0999. The predicted octanol–water partition coefficient (Wildman–Crippen LogP) is 1.33. The molecule has 4 heteroatoms. The second kappa shape index (κ2) is 4.53. The minimum atomic E-state index is -0.398. The SMILES string of the molecule is NC(=O)c1ccccc1CNn1cccc1. The van der Waals surface area contributed by atoms with Crippen molar-refractivity contribution in [1.82, 2.24) is 4.68 Å². The molecular formula is C12H13N3O. The molecule has 0 fully saturated rings. The first-order valence-electron chi connectivity index (χ1n) is 5.02.